The number of epoxide rings is 1. The van der Waals surface area contributed by atoms with Gasteiger partial charge >= 0.3 is 5.97 Å². The Morgan fingerprint density at radius 2 is 1.57 bits per heavy atom. The highest BCUT2D eigenvalue weighted by Crippen LogP contribution is 2.31. The number of esters is 1. The maximum atomic E-state index is 12.6. The molecule has 0 bridgehead atoms. The van der Waals surface area contributed by atoms with Gasteiger partial charge in [0, 0.05) is 26.5 Å². The van der Waals surface area contributed by atoms with Crippen LogP contribution >= 0.6 is 0 Å². The van der Waals surface area contributed by atoms with E-state index in [1.807, 2.05) is 30.5 Å². The Bertz CT molecular complexity index is 923. The van der Waals surface area contributed by atoms with Crippen molar-refractivity contribution in [2.24, 2.45) is 9.98 Å². The van der Waals surface area contributed by atoms with Gasteiger partial charge in [0.05, 0.1) is 25.9 Å². The van der Waals surface area contributed by atoms with E-state index in [1.165, 1.54) is 44.9 Å². The molecule has 1 fully saturated rings. The third kappa shape index (κ3) is 13.0. The Balaban J connectivity index is 1.27. The van der Waals surface area contributed by atoms with Crippen molar-refractivity contribution in [3.8, 4) is 5.75 Å². The summed E-state index contributed by atoms with van der Waals surface area (Å²) in [4.78, 5) is 21.2. The lowest BCUT2D eigenvalue weighted by Gasteiger charge is -2.30. The first kappa shape index (κ1) is 34.3. The highest BCUT2D eigenvalue weighted by Gasteiger charge is 2.46. The molecule has 0 N–H and O–H groups in total. The van der Waals surface area contributed by atoms with Crippen molar-refractivity contribution in [2.45, 2.75) is 108 Å². The van der Waals surface area contributed by atoms with Gasteiger partial charge < -0.3 is 28.4 Å². The lowest BCUT2D eigenvalue weighted by molar-refractivity contribution is -0.135. The van der Waals surface area contributed by atoms with Crippen LogP contribution in [-0.2, 0) is 34.1 Å². The lowest BCUT2D eigenvalue weighted by atomic mass is 9.94. The number of unbranched alkanes of at least 4 members (excludes halogenated alkanes) is 10. The van der Waals surface area contributed by atoms with Crippen LogP contribution in [0.1, 0.15) is 96.0 Å². The number of rotatable bonds is 25. The number of nitrogens with zero attached hydrogens (tertiary/aromatic N) is 2. The monoisotopic (exact) mass is 588 g/mol. The number of benzene rings is 1. The van der Waals surface area contributed by atoms with Crippen LogP contribution in [0.15, 0.2) is 34.3 Å². The van der Waals surface area contributed by atoms with Crippen LogP contribution in [-0.4, -0.2) is 77.6 Å². The van der Waals surface area contributed by atoms with Gasteiger partial charge in [0.2, 0.25) is 0 Å². The van der Waals surface area contributed by atoms with Crippen molar-refractivity contribution in [1.82, 2.24) is 0 Å². The summed E-state index contributed by atoms with van der Waals surface area (Å²) in [6.07, 6.45) is 17.8. The summed E-state index contributed by atoms with van der Waals surface area (Å²) in [5, 5.41) is 0. The number of carbonyl (C=O) groups is 1. The second-order valence-electron chi connectivity index (χ2n) is 11.1. The van der Waals surface area contributed by atoms with E-state index in [0.717, 1.165) is 50.7 Å². The second kappa shape index (κ2) is 20.7. The molecule has 0 saturated carbocycles. The molecule has 0 aromatic heterocycles. The van der Waals surface area contributed by atoms with E-state index in [-0.39, 0.29) is 12.1 Å². The van der Waals surface area contributed by atoms with Crippen molar-refractivity contribution in [3.63, 3.8) is 0 Å². The van der Waals surface area contributed by atoms with Gasteiger partial charge in [-0.1, -0.05) is 83.3 Å². The first-order chi connectivity index (χ1) is 20.7. The second-order valence-corrected chi connectivity index (χ2v) is 11.1. The van der Waals surface area contributed by atoms with Crippen LogP contribution in [0.3, 0.4) is 0 Å². The van der Waals surface area contributed by atoms with Gasteiger partial charge in [-0.05, 0) is 37.0 Å². The van der Waals surface area contributed by atoms with Gasteiger partial charge in [-0.3, -0.25) is 4.99 Å². The van der Waals surface area contributed by atoms with Crippen molar-refractivity contribution in [1.29, 1.82) is 0 Å². The fourth-order valence-corrected chi connectivity index (χ4v) is 5.01. The Kier molecular flexibility index (Phi) is 16.9. The van der Waals surface area contributed by atoms with E-state index < -0.39 is 11.7 Å². The number of hydrogen-bond donors (Lipinski definition) is 0. The highest BCUT2D eigenvalue weighted by atomic mass is 16.7. The maximum absolute atomic E-state index is 12.6. The minimum Gasteiger partial charge on any atom is -0.425 e. The van der Waals surface area contributed by atoms with Crippen LogP contribution in [0.5, 0.6) is 5.75 Å². The summed E-state index contributed by atoms with van der Waals surface area (Å²) in [6.45, 7) is 5.59. The van der Waals surface area contributed by atoms with Crippen LogP contribution in [0, 0.1) is 0 Å². The van der Waals surface area contributed by atoms with Gasteiger partial charge in [0.25, 0.3) is 0 Å². The molecule has 9 heteroatoms. The van der Waals surface area contributed by atoms with Crippen molar-refractivity contribution >= 4 is 18.5 Å². The zero-order chi connectivity index (χ0) is 29.7. The van der Waals surface area contributed by atoms with E-state index in [9.17, 15) is 4.79 Å². The molecular weight excluding hydrogens is 536 g/mol. The predicted molar refractivity (Wildman–Crippen MR) is 165 cm³/mol. The molecule has 42 heavy (non-hydrogen) atoms. The fourth-order valence-electron chi connectivity index (χ4n) is 5.01. The topological polar surface area (TPSA) is 100 Å². The van der Waals surface area contributed by atoms with Crippen LogP contribution in [0.25, 0.3) is 0 Å². The number of ether oxygens (including phenoxy) is 6. The Morgan fingerprint density at radius 3 is 2.29 bits per heavy atom. The van der Waals surface area contributed by atoms with Gasteiger partial charge in [-0.25, -0.2) is 9.79 Å². The van der Waals surface area contributed by atoms with E-state index in [4.69, 9.17) is 28.4 Å². The number of methoxy groups -OCH3 is 1. The van der Waals surface area contributed by atoms with E-state index in [2.05, 4.69) is 16.9 Å². The molecule has 2 aliphatic rings. The molecule has 0 aliphatic carbocycles. The SMILES string of the molecule is CCCCCCCCOC1(c2ccc(OC(=O)[C@@H]3O[C@H]3CCCCCCCCOCOCCOC)cc2)C=NC=NC1. The van der Waals surface area contributed by atoms with E-state index in [1.54, 1.807) is 13.4 Å². The van der Waals surface area contributed by atoms with Crippen LogP contribution in [0.2, 0.25) is 0 Å². The molecule has 1 unspecified atom stereocenters. The average molecular weight is 589 g/mol. The lowest BCUT2D eigenvalue weighted by Crippen LogP contribution is -2.37. The Hall–Kier alpha value is -2.17. The normalized spacial score (nSPS) is 21.1. The summed E-state index contributed by atoms with van der Waals surface area (Å²) < 4.78 is 33.2. The van der Waals surface area contributed by atoms with Crippen LogP contribution in [0.4, 0.5) is 0 Å². The molecule has 3 atom stereocenters. The molecule has 2 aliphatic heterocycles. The van der Waals surface area contributed by atoms with Crippen molar-refractivity contribution in [3.05, 3.63) is 29.8 Å². The summed E-state index contributed by atoms with van der Waals surface area (Å²) in [5.74, 6) is 0.183. The third-order valence-electron chi connectivity index (χ3n) is 7.62. The van der Waals surface area contributed by atoms with Crippen LogP contribution < -0.4 is 4.74 Å². The molecule has 0 radical (unpaired) electrons. The first-order valence-corrected chi connectivity index (χ1v) is 16.0. The Morgan fingerprint density at radius 1 is 0.881 bits per heavy atom. The minimum atomic E-state index is -0.682. The molecule has 0 amide bonds. The smallest absolute Gasteiger partial charge is 0.343 e. The zero-order valence-electron chi connectivity index (χ0n) is 25.8. The molecule has 1 aromatic rings. The van der Waals surface area contributed by atoms with E-state index >= 15 is 0 Å². The van der Waals surface area contributed by atoms with Gasteiger partial charge in [-0.2, -0.15) is 0 Å². The zero-order valence-corrected chi connectivity index (χ0v) is 25.8. The standard InChI is InChI=1S/C33H52N2O7/c1-3-4-5-6-11-14-21-40-33(24-34-26-35-25-33)28-16-18-29(19-17-28)41-32(36)31-30(42-31)15-12-9-7-8-10-13-20-38-27-39-23-22-37-2/h16-19,24,26,30-31H,3-15,20-23,25,27H2,1-2H3/t30-,31+,33?/m0/s1. The van der Waals surface area contributed by atoms with Gasteiger partial charge in [0.1, 0.15) is 24.5 Å². The molecule has 1 aromatic carbocycles. The highest BCUT2D eigenvalue weighted by molar-refractivity contribution is 5.83. The summed E-state index contributed by atoms with van der Waals surface area (Å²) >= 11 is 0. The van der Waals surface area contributed by atoms with Crippen molar-refractivity contribution < 1.29 is 33.2 Å². The molecular formula is C33H52N2O7. The average Bonchev–Trinajstić information content (AvgIpc) is 3.80. The minimum absolute atomic E-state index is 0.0294. The van der Waals surface area contributed by atoms with Crippen molar-refractivity contribution in [2.75, 3.05) is 46.9 Å². The molecule has 9 nitrogen and oxygen atoms in total. The largest absolute Gasteiger partial charge is 0.425 e. The fraction of sp³-hybridized carbons (Fsp3) is 0.727. The van der Waals surface area contributed by atoms with Gasteiger partial charge in [0.15, 0.2) is 6.10 Å². The summed E-state index contributed by atoms with van der Waals surface area (Å²) in [7, 11) is 1.65. The molecule has 0 spiro atoms. The molecule has 2 heterocycles. The molecule has 3 rings (SSSR count). The number of aliphatic imine (C=N–C) groups is 2. The number of carbonyl (C=O) groups excluding carboxylic acids is 1. The third-order valence-corrected chi connectivity index (χ3v) is 7.62. The first-order valence-electron chi connectivity index (χ1n) is 16.0. The quantitative estimate of drug-likeness (QED) is 0.0428. The molecule has 236 valence electrons. The number of hydrogen-bond acceptors (Lipinski definition) is 9. The molecule has 1 saturated heterocycles. The predicted octanol–water partition coefficient (Wildman–Crippen LogP) is 6.41. The van der Waals surface area contributed by atoms with Gasteiger partial charge in [-0.15, -0.1) is 0 Å². The summed E-state index contributed by atoms with van der Waals surface area (Å²) in [5.41, 5.74) is 0.270. The summed E-state index contributed by atoms with van der Waals surface area (Å²) in [6, 6.07) is 7.49. The maximum Gasteiger partial charge on any atom is 0.343 e. The Labute approximate surface area is 252 Å². The van der Waals surface area contributed by atoms with E-state index in [0.29, 0.717) is 38.9 Å².